The number of carbonyl (C=O) groups is 2. The maximum absolute atomic E-state index is 12.1. The zero-order chi connectivity index (χ0) is 23.1. The topological polar surface area (TPSA) is 133 Å². The van der Waals surface area contributed by atoms with E-state index in [4.69, 9.17) is 14.2 Å². The van der Waals surface area contributed by atoms with Crippen molar-refractivity contribution in [1.82, 2.24) is 9.71 Å². The number of thiazole rings is 1. The molecule has 13 heteroatoms. The summed E-state index contributed by atoms with van der Waals surface area (Å²) in [6, 6.07) is 8.26. The number of nitrogens with zero attached hydrogens (tertiary/aromatic N) is 1. The maximum Gasteiger partial charge on any atom is 0.321 e. The predicted octanol–water partition coefficient (Wildman–Crippen LogP) is 2.35. The minimum atomic E-state index is -3.79. The monoisotopic (exact) mass is 497 g/mol. The number of nitrogens with one attached hydrogen (secondary N) is 2. The molecule has 32 heavy (non-hydrogen) atoms. The summed E-state index contributed by atoms with van der Waals surface area (Å²) >= 11 is 2.20. The lowest BCUT2D eigenvalue weighted by Gasteiger charge is -2.08. The van der Waals surface area contributed by atoms with Crippen LogP contribution in [0.25, 0.3) is 11.3 Å². The van der Waals surface area contributed by atoms with Crippen molar-refractivity contribution in [2.24, 2.45) is 0 Å². The molecule has 3 aromatic rings. The highest BCUT2D eigenvalue weighted by atomic mass is 32.2. The molecule has 0 bridgehead atoms. The van der Waals surface area contributed by atoms with Crippen molar-refractivity contribution in [2.75, 3.05) is 32.7 Å². The molecule has 0 aliphatic carbocycles. The standard InChI is InChI=1S/C19H19N3O7S3/c1-27-12-5-6-15(28-2)13(8-12)14-11-31-19(21-14)22-16(23)10-29-17(24)9-20-32(25,26)18-4-3-7-30-18/h3-8,11,20H,9-10H2,1-2H3,(H,21,22,23). The fraction of sp³-hybridized carbons (Fsp3) is 0.211. The van der Waals surface area contributed by atoms with Crippen molar-refractivity contribution in [3.63, 3.8) is 0 Å². The van der Waals surface area contributed by atoms with Crippen LogP contribution < -0.4 is 19.5 Å². The van der Waals surface area contributed by atoms with Gasteiger partial charge in [-0.3, -0.25) is 14.9 Å². The molecule has 1 aromatic carbocycles. The van der Waals surface area contributed by atoms with Crippen molar-refractivity contribution in [3.8, 4) is 22.8 Å². The van der Waals surface area contributed by atoms with Crippen LogP contribution in [0.5, 0.6) is 11.5 Å². The van der Waals surface area contributed by atoms with Crippen LogP contribution in [0.2, 0.25) is 0 Å². The first-order valence-corrected chi connectivity index (χ1v) is 12.2. The van der Waals surface area contributed by atoms with E-state index in [1.807, 2.05) is 0 Å². The maximum atomic E-state index is 12.1. The minimum absolute atomic E-state index is 0.0790. The zero-order valence-corrected chi connectivity index (χ0v) is 19.4. The molecule has 3 rings (SSSR count). The smallest absolute Gasteiger partial charge is 0.321 e. The van der Waals surface area contributed by atoms with E-state index in [1.165, 1.54) is 24.5 Å². The molecule has 0 spiro atoms. The van der Waals surface area contributed by atoms with Gasteiger partial charge in [-0.15, -0.1) is 22.7 Å². The van der Waals surface area contributed by atoms with E-state index < -0.39 is 35.1 Å². The van der Waals surface area contributed by atoms with Gasteiger partial charge in [-0.2, -0.15) is 4.72 Å². The van der Waals surface area contributed by atoms with E-state index in [2.05, 4.69) is 15.0 Å². The number of anilines is 1. The van der Waals surface area contributed by atoms with Crippen LogP contribution in [-0.4, -0.2) is 52.6 Å². The van der Waals surface area contributed by atoms with Crippen LogP contribution in [0, 0.1) is 0 Å². The summed E-state index contributed by atoms with van der Waals surface area (Å²) in [5, 5.41) is 6.16. The third kappa shape index (κ3) is 6.03. The number of esters is 1. The molecule has 0 atom stereocenters. The summed E-state index contributed by atoms with van der Waals surface area (Å²) in [6.07, 6.45) is 0. The van der Waals surface area contributed by atoms with Gasteiger partial charge >= 0.3 is 5.97 Å². The molecule has 2 heterocycles. The van der Waals surface area contributed by atoms with E-state index in [9.17, 15) is 18.0 Å². The molecule has 170 valence electrons. The van der Waals surface area contributed by atoms with Gasteiger partial charge in [-0.25, -0.2) is 13.4 Å². The highest BCUT2D eigenvalue weighted by molar-refractivity contribution is 7.91. The van der Waals surface area contributed by atoms with Gasteiger partial charge < -0.3 is 14.2 Å². The van der Waals surface area contributed by atoms with Crippen LogP contribution in [0.1, 0.15) is 0 Å². The Hall–Kier alpha value is -3.00. The first kappa shape index (κ1) is 23.7. The highest BCUT2D eigenvalue weighted by Crippen LogP contribution is 2.35. The second-order valence-corrected chi connectivity index (χ2v) is 9.87. The number of benzene rings is 1. The van der Waals surface area contributed by atoms with Crippen molar-refractivity contribution in [2.45, 2.75) is 4.21 Å². The molecule has 2 aromatic heterocycles. The molecule has 0 saturated carbocycles. The Bertz CT molecular complexity index is 1190. The van der Waals surface area contributed by atoms with E-state index >= 15 is 0 Å². The third-order valence-electron chi connectivity index (χ3n) is 3.96. The van der Waals surface area contributed by atoms with E-state index in [-0.39, 0.29) is 4.21 Å². The van der Waals surface area contributed by atoms with Gasteiger partial charge in [0.05, 0.1) is 19.9 Å². The number of sulfonamides is 1. The molecular weight excluding hydrogens is 478 g/mol. The average molecular weight is 498 g/mol. The SMILES string of the molecule is COc1ccc(OC)c(-c2csc(NC(=O)COC(=O)CNS(=O)(=O)c3cccs3)n2)c1. The van der Waals surface area contributed by atoms with Crippen molar-refractivity contribution < 1.29 is 32.2 Å². The third-order valence-corrected chi connectivity index (χ3v) is 7.52. The van der Waals surface area contributed by atoms with Crippen molar-refractivity contribution >= 4 is 49.7 Å². The summed E-state index contributed by atoms with van der Waals surface area (Å²) in [7, 11) is -0.709. The molecule has 0 aliphatic heterocycles. The average Bonchev–Trinajstić information content (AvgIpc) is 3.49. The van der Waals surface area contributed by atoms with Crippen LogP contribution >= 0.6 is 22.7 Å². The Balaban J connectivity index is 1.52. The Morgan fingerprint density at radius 2 is 1.94 bits per heavy atom. The second kappa shape index (κ2) is 10.5. The molecular formula is C19H19N3O7S3. The second-order valence-electron chi connectivity index (χ2n) is 6.07. The van der Waals surface area contributed by atoms with Gasteiger partial charge in [0.1, 0.15) is 22.3 Å². The lowest BCUT2D eigenvalue weighted by atomic mass is 10.1. The Morgan fingerprint density at radius 3 is 2.62 bits per heavy atom. The molecule has 1 amide bonds. The van der Waals surface area contributed by atoms with Gasteiger partial charge in [0, 0.05) is 10.9 Å². The van der Waals surface area contributed by atoms with Crippen LogP contribution in [0.3, 0.4) is 0 Å². The first-order valence-electron chi connectivity index (χ1n) is 8.99. The summed E-state index contributed by atoms with van der Waals surface area (Å²) in [6.45, 7) is -1.18. The summed E-state index contributed by atoms with van der Waals surface area (Å²) in [5.41, 5.74) is 1.26. The summed E-state index contributed by atoms with van der Waals surface area (Å²) < 4.78 is 41.5. The molecule has 10 nitrogen and oxygen atoms in total. The Kier molecular flexibility index (Phi) is 7.80. The molecule has 0 unspecified atom stereocenters. The molecule has 2 N–H and O–H groups in total. The lowest BCUT2D eigenvalue weighted by molar-refractivity contribution is -0.146. The molecule has 0 saturated heterocycles. The Morgan fingerprint density at radius 1 is 1.12 bits per heavy atom. The van der Waals surface area contributed by atoms with Gasteiger partial charge in [-0.05, 0) is 29.6 Å². The molecule has 0 aliphatic rings. The van der Waals surface area contributed by atoms with Crippen LogP contribution in [0.15, 0.2) is 45.3 Å². The molecule has 0 fully saturated rings. The number of hydrogen-bond donors (Lipinski definition) is 2. The Labute approximate surface area is 192 Å². The van der Waals surface area contributed by atoms with Crippen LogP contribution in [0.4, 0.5) is 5.13 Å². The normalized spacial score (nSPS) is 11.1. The number of methoxy groups -OCH3 is 2. The lowest BCUT2D eigenvalue weighted by Crippen LogP contribution is -2.32. The number of amides is 1. The summed E-state index contributed by atoms with van der Waals surface area (Å²) in [5.74, 6) is -0.284. The fourth-order valence-corrected chi connectivity index (χ4v) is 5.20. The predicted molar refractivity (Wildman–Crippen MR) is 120 cm³/mol. The van der Waals surface area contributed by atoms with E-state index in [1.54, 1.807) is 42.1 Å². The highest BCUT2D eigenvalue weighted by Gasteiger charge is 2.18. The minimum Gasteiger partial charge on any atom is -0.497 e. The quantitative estimate of drug-likeness (QED) is 0.408. The number of carbonyl (C=O) groups excluding carboxylic acids is 2. The number of rotatable bonds is 10. The largest absolute Gasteiger partial charge is 0.497 e. The van der Waals surface area contributed by atoms with Crippen LogP contribution in [-0.2, 0) is 24.3 Å². The van der Waals surface area contributed by atoms with E-state index in [0.717, 1.165) is 11.3 Å². The number of aromatic nitrogens is 1. The number of ether oxygens (including phenoxy) is 3. The number of thiophene rings is 1. The van der Waals surface area contributed by atoms with Gasteiger partial charge in [0.2, 0.25) is 0 Å². The zero-order valence-electron chi connectivity index (χ0n) is 17.0. The first-order chi connectivity index (χ1) is 15.3. The van der Waals surface area contributed by atoms with E-state index in [0.29, 0.717) is 27.9 Å². The van der Waals surface area contributed by atoms with Gasteiger partial charge in [-0.1, -0.05) is 6.07 Å². The molecule has 0 radical (unpaired) electrons. The van der Waals surface area contributed by atoms with Crippen molar-refractivity contribution in [3.05, 3.63) is 41.1 Å². The van der Waals surface area contributed by atoms with Crippen molar-refractivity contribution in [1.29, 1.82) is 0 Å². The van der Waals surface area contributed by atoms with Gasteiger partial charge in [0.15, 0.2) is 11.7 Å². The summed E-state index contributed by atoms with van der Waals surface area (Å²) in [4.78, 5) is 28.2. The van der Waals surface area contributed by atoms with Gasteiger partial charge in [0.25, 0.3) is 15.9 Å². The fourth-order valence-electron chi connectivity index (χ4n) is 2.46. The number of hydrogen-bond acceptors (Lipinski definition) is 10.